The summed E-state index contributed by atoms with van der Waals surface area (Å²) in [5.41, 5.74) is 7.30. The molecule has 2 atom stereocenters. The Kier molecular flexibility index (Phi) is 3.63. The van der Waals surface area contributed by atoms with E-state index in [2.05, 4.69) is 28.3 Å². The summed E-state index contributed by atoms with van der Waals surface area (Å²) in [7, 11) is 0. The highest BCUT2D eigenvalue weighted by molar-refractivity contribution is 5.10. The minimum atomic E-state index is 0.428. The zero-order chi connectivity index (χ0) is 13.4. The third-order valence-electron chi connectivity index (χ3n) is 4.79. The number of aromatic nitrogens is 2. The standard InChI is InChI=1S/C15H26N4/c1-11(2)14(7-16)15-8-17-10-19(15)13-5-6-18(9-13)12-3-4-12/h8,10-14H,3-7,9,16H2,1-2H3. The largest absolute Gasteiger partial charge is 0.330 e. The first-order valence-corrected chi connectivity index (χ1v) is 7.66. The minimum Gasteiger partial charge on any atom is -0.330 e. The van der Waals surface area contributed by atoms with E-state index in [4.69, 9.17) is 5.73 Å². The lowest BCUT2D eigenvalue weighted by Gasteiger charge is -2.24. The van der Waals surface area contributed by atoms with Crippen LogP contribution in [0.25, 0.3) is 0 Å². The van der Waals surface area contributed by atoms with Gasteiger partial charge in [-0.3, -0.25) is 4.90 Å². The average molecular weight is 262 g/mol. The lowest BCUT2D eigenvalue weighted by Crippen LogP contribution is -2.26. The first-order chi connectivity index (χ1) is 9.20. The van der Waals surface area contributed by atoms with E-state index >= 15 is 0 Å². The zero-order valence-corrected chi connectivity index (χ0v) is 12.1. The molecule has 3 rings (SSSR count). The van der Waals surface area contributed by atoms with Crippen molar-refractivity contribution in [2.45, 2.75) is 51.1 Å². The van der Waals surface area contributed by atoms with Gasteiger partial charge < -0.3 is 10.3 Å². The molecule has 2 N–H and O–H groups in total. The number of nitrogens with two attached hydrogens (primary N) is 1. The van der Waals surface area contributed by atoms with Gasteiger partial charge in [-0.15, -0.1) is 0 Å². The van der Waals surface area contributed by atoms with E-state index in [1.807, 2.05) is 12.5 Å². The van der Waals surface area contributed by atoms with Crippen molar-refractivity contribution < 1.29 is 0 Å². The molecule has 0 bridgehead atoms. The Labute approximate surface area is 116 Å². The summed E-state index contributed by atoms with van der Waals surface area (Å²) < 4.78 is 2.40. The molecular weight excluding hydrogens is 236 g/mol. The normalized spacial score (nSPS) is 26.2. The molecule has 1 aliphatic carbocycles. The monoisotopic (exact) mass is 262 g/mol. The predicted octanol–water partition coefficient (Wildman–Crippen LogP) is 1.99. The molecule has 1 aromatic heterocycles. The summed E-state index contributed by atoms with van der Waals surface area (Å²) in [5.74, 6) is 0.999. The number of nitrogens with zero attached hydrogens (tertiary/aromatic N) is 3. The first kappa shape index (κ1) is 13.1. The van der Waals surface area contributed by atoms with Crippen molar-refractivity contribution in [1.29, 1.82) is 0 Å². The van der Waals surface area contributed by atoms with Gasteiger partial charge >= 0.3 is 0 Å². The fourth-order valence-corrected chi connectivity index (χ4v) is 3.41. The van der Waals surface area contributed by atoms with Gasteiger partial charge in [0.1, 0.15) is 0 Å². The highest BCUT2D eigenvalue weighted by Crippen LogP contribution is 2.35. The van der Waals surface area contributed by atoms with E-state index in [1.165, 1.54) is 38.0 Å². The van der Waals surface area contributed by atoms with Gasteiger partial charge in [-0.2, -0.15) is 0 Å². The van der Waals surface area contributed by atoms with Crippen molar-refractivity contribution >= 4 is 0 Å². The van der Waals surface area contributed by atoms with Gasteiger partial charge in [0.25, 0.3) is 0 Å². The van der Waals surface area contributed by atoms with Crippen molar-refractivity contribution in [3.63, 3.8) is 0 Å². The second kappa shape index (κ2) is 5.25. The SMILES string of the molecule is CC(C)C(CN)c1cncn1C1CCN(C2CC2)C1. The molecule has 2 fully saturated rings. The maximum absolute atomic E-state index is 5.97. The van der Waals surface area contributed by atoms with Crippen LogP contribution in [0.3, 0.4) is 0 Å². The summed E-state index contributed by atoms with van der Waals surface area (Å²) >= 11 is 0. The van der Waals surface area contributed by atoms with Gasteiger partial charge in [0, 0.05) is 49.5 Å². The Morgan fingerprint density at radius 1 is 1.32 bits per heavy atom. The molecule has 0 radical (unpaired) electrons. The quantitative estimate of drug-likeness (QED) is 0.883. The van der Waals surface area contributed by atoms with Gasteiger partial charge in [-0.25, -0.2) is 4.98 Å². The van der Waals surface area contributed by atoms with Crippen LogP contribution >= 0.6 is 0 Å². The fourth-order valence-electron chi connectivity index (χ4n) is 3.41. The van der Waals surface area contributed by atoms with Gasteiger partial charge in [-0.05, 0) is 25.2 Å². The predicted molar refractivity (Wildman–Crippen MR) is 77.1 cm³/mol. The van der Waals surface area contributed by atoms with Gasteiger partial charge in [0.2, 0.25) is 0 Å². The molecule has 4 heteroatoms. The summed E-state index contributed by atoms with van der Waals surface area (Å²) in [6, 6.07) is 1.48. The molecule has 0 amide bonds. The molecular formula is C15H26N4. The molecule has 1 aromatic rings. The first-order valence-electron chi connectivity index (χ1n) is 7.66. The maximum atomic E-state index is 5.97. The van der Waals surface area contributed by atoms with E-state index in [0.29, 0.717) is 24.4 Å². The maximum Gasteiger partial charge on any atom is 0.0951 e. The molecule has 19 heavy (non-hydrogen) atoms. The summed E-state index contributed by atoms with van der Waals surface area (Å²) in [6.07, 6.45) is 8.11. The number of hydrogen-bond acceptors (Lipinski definition) is 3. The molecule has 1 saturated carbocycles. The Balaban J connectivity index is 1.76. The van der Waals surface area contributed by atoms with Crippen LogP contribution in [-0.2, 0) is 0 Å². The summed E-state index contributed by atoms with van der Waals surface area (Å²) in [4.78, 5) is 7.05. The number of likely N-dealkylation sites (tertiary alicyclic amines) is 1. The Morgan fingerprint density at radius 3 is 2.74 bits per heavy atom. The van der Waals surface area contributed by atoms with E-state index < -0.39 is 0 Å². The molecule has 1 aliphatic heterocycles. The molecule has 2 unspecified atom stereocenters. The van der Waals surface area contributed by atoms with E-state index in [1.54, 1.807) is 0 Å². The zero-order valence-electron chi connectivity index (χ0n) is 12.1. The lowest BCUT2D eigenvalue weighted by atomic mass is 9.92. The van der Waals surface area contributed by atoms with E-state index in [-0.39, 0.29) is 0 Å². The van der Waals surface area contributed by atoms with Crippen molar-refractivity contribution in [3.8, 4) is 0 Å². The van der Waals surface area contributed by atoms with Crippen molar-refractivity contribution in [1.82, 2.24) is 14.5 Å². The van der Waals surface area contributed by atoms with Gasteiger partial charge in [-0.1, -0.05) is 13.8 Å². The minimum absolute atomic E-state index is 0.428. The Bertz CT molecular complexity index is 422. The third kappa shape index (κ3) is 2.56. The second-order valence-electron chi connectivity index (χ2n) is 6.48. The lowest BCUT2D eigenvalue weighted by molar-refractivity contribution is 0.311. The molecule has 1 saturated heterocycles. The van der Waals surface area contributed by atoms with Crippen LogP contribution in [0.5, 0.6) is 0 Å². The molecule has 4 nitrogen and oxygen atoms in total. The molecule has 0 spiro atoms. The third-order valence-corrected chi connectivity index (χ3v) is 4.79. The molecule has 2 aliphatic rings. The topological polar surface area (TPSA) is 47.1 Å². The molecule has 0 aromatic carbocycles. The van der Waals surface area contributed by atoms with Crippen LogP contribution in [0.4, 0.5) is 0 Å². The molecule has 106 valence electrons. The molecule has 2 heterocycles. The number of rotatable bonds is 5. The summed E-state index contributed by atoms with van der Waals surface area (Å²) in [5, 5.41) is 0. The highest BCUT2D eigenvalue weighted by atomic mass is 15.2. The van der Waals surface area contributed by atoms with Gasteiger partial charge in [0.15, 0.2) is 0 Å². The smallest absolute Gasteiger partial charge is 0.0951 e. The Morgan fingerprint density at radius 2 is 2.11 bits per heavy atom. The van der Waals surface area contributed by atoms with Crippen LogP contribution in [0, 0.1) is 5.92 Å². The van der Waals surface area contributed by atoms with Crippen LogP contribution in [0.15, 0.2) is 12.5 Å². The summed E-state index contributed by atoms with van der Waals surface area (Å²) in [6.45, 7) is 7.66. The van der Waals surface area contributed by atoms with Crippen LogP contribution in [-0.4, -0.2) is 40.1 Å². The van der Waals surface area contributed by atoms with E-state index in [0.717, 1.165) is 6.04 Å². The highest BCUT2D eigenvalue weighted by Gasteiger charge is 2.35. The van der Waals surface area contributed by atoms with Crippen molar-refractivity contribution in [2.24, 2.45) is 11.7 Å². The van der Waals surface area contributed by atoms with Crippen molar-refractivity contribution in [2.75, 3.05) is 19.6 Å². The van der Waals surface area contributed by atoms with Crippen LogP contribution in [0.2, 0.25) is 0 Å². The van der Waals surface area contributed by atoms with E-state index in [9.17, 15) is 0 Å². The second-order valence-corrected chi connectivity index (χ2v) is 6.48. The number of imidazole rings is 1. The van der Waals surface area contributed by atoms with Crippen molar-refractivity contribution in [3.05, 3.63) is 18.2 Å². The van der Waals surface area contributed by atoms with Crippen LogP contribution in [0.1, 0.15) is 50.8 Å². The number of hydrogen-bond donors (Lipinski definition) is 1. The van der Waals surface area contributed by atoms with Gasteiger partial charge in [0.05, 0.1) is 6.33 Å². The van der Waals surface area contributed by atoms with Crippen LogP contribution < -0.4 is 5.73 Å². The average Bonchev–Trinajstić information content (AvgIpc) is 2.93. The Hall–Kier alpha value is -0.870. The fraction of sp³-hybridized carbons (Fsp3) is 0.800.